The van der Waals surface area contributed by atoms with Crippen LogP contribution in [0.15, 0.2) is 48.1 Å². The summed E-state index contributed by atoms with van der Waals surface area (Å²) < 4.78 is 37.6. The van der Waals surface area contributed by atoms with Crippen LogP contribution in [0.25, 0.3) is 0 Å². The van der Waals surface area contributed by atoms with Crippen LogP contribution in [-0.2, 0) is 6.18 Å². The molecule has 0 saturated heterocycles. The van der Waals surface area contributed by atoms with Crippen molar-refractivity contribution in [2.24, 2.45) is 0 Å². The van der Waals surface area contributed by atoms with E-state index in [2.05, 4.69) is 6.58 Å². The summed E-state index contributed by atoms with van der Waals surface area (Å²) in [5.41, 5.74) is 1.15. The van der Waals surface area contributed by atoms with Crippen LogP contribution in [0.1, 0.15) is 48.0 Å². The fraction of sp³-hybridized carbons (Fsp3) is 0.353. The van der Waals surface area contributed by atoms with E-state index < -0.39 is 11.7 Å². The Morgan fingerprint density at radius 3 is 2.10 bits per heavy atom. The van der Waals surface area contributed by atoms with Gasteiger partial charge in [-0.25, -0.2) is 0 Å². The van der Waals surface area contributed by atoms with Gasteiger partial charge in [0, 0.05) is 11.1 Å². The number of allylic oxidation sites excluding steroid dienone is 3. The second kappa shape index (κ2) is 6.29. The van der Waals surface area contributed by atoms with Gasteiger partial charge in [0.2, 0.25) is 0 Å². The van der Waals surface area contributed by atoms with Gasteiger partial charge in [0.05, 0.1) is 5.56 Å². The highest BCUT2D eigenvalue weighted by atomic mass is 19.4. The molecule has 1 fully saturated rings. The fourth-order valence-electron chi connectivity index (χ4n) is 2.61. The molecule has 0 aromatic heterocycles. The summed E-state index contributed by atoms with van der Waals surface area (Å²) in [6.07, 6.45) is 2.13. The Hall–Kier alpha value is -1.84. The molecule has 112 valence electrons. The Morgan fingerprint density at radius 2 is 1.62 bits per heavy atom. The third kappa shape index (κ3) is 3.63. The summed E-state index contributed by atoms with van der Waals surface area (Å²) in [7, 11) is 0. The Labute approximate surface area is 122 Å². The SMILES string of the molecule is C=CC(C(=O)c1ccc(C(F)(F)F)cc1)=C1CCCCC1. The highest BCUT2D eigenvalue weighted by Gasteiger charge is 2.30. The highest BCUT2D eigenvalue weighted by molar-refractivity contribution is 6.11. The molecule has 0 unspecified atom stereocenters. The van der Waals surface area contributed by atoms with Gasteiger partial charge in [-0.2, -0.15) is 13.2 Å². The molecule has 21 heavy (non-hydrogen) atoms. The zero-order chi connectivity index (χ0) is 15.5. The summed E-state index contributed by atoms with van der Waals surface area (Å²) >= 11 is 0. The monoisotopic (exact) mass is 294 g/mol. The van der Waals surface area contributed by atoms with Gasteiger partial charge in [0.25, 0.3) is 0 Å². The lowest BCUT2D eigenvalue weighted by Crippen LogP contribution is -2.09. The maximum Gasteiger partial charge on any atom is 0.416 e. The minimum atomic E-state index is -4.38. The second-order valence-electron chi connectivity index (χ2n) is 5.19. The topological polar surface area (TPSA) is 17.1 Å². The average Bonchev–Trinajstić information content (AvgIpc) is 2.48. The van der Waals surface area contributed by atoms with Crippen molar-refractivity contribution in [3.8, 4) is 0 Å². The number of hydrogen-bond donors (Lipinski definition) is 0. The van der Waals surface area contributed by atoms with Gasteiger partial charge in [-0.05, 0) is 37.8 Å². The molecule has 0 N–H and O–H groups in total. The quantitative estimate of drug-likeness (QED) is 0.543. The lowest BCUT2D eigenvalue weighted by atomic mass is 9.88. The third-order valence-electron chi connectivity index (χ3n) is 3.76. The van der Waals surface area contributed by atoms with Crippen molar-refractivity contribution >= 4 is 5.78 Å². The van der Waals surface area contributed by atoms with Crippen LogP contribution in [0.4, 0.5) is 13.2 Å². The number of Topliss-reactive ketones (excluding diaryl/α,β-unsaturated/α-hetero) is 1. The molecule has 1 aromatic carbocycles. The number of hydrogen-bond acceptors (Lipinski definition) is 1. The van der Waals surface area contributed by atoms with E-state index in [1.165, 1.54) is 18.2 Å². The number of alkyl halides is 3. The Bertz CT molecular complexity index is 557. The molecule has 1 saturated carbocycles. The van der Waals surface area contributed by atoms with Crippen LogP contribution in [-0.4, -0.2) is 5.78 Å². The highest BCUT2D eigenvalue weighted by Crippen LogP contribution is 2.31. The standard InChI is InChI=1S/C17H17F3O/c1-2-15(12-6-4-3-5-7-12)16(21)13-8-10-14(11-9-13)17(18,19)20/h2,8-11H,1,3-7H2. The van der Waals surface area contributed by atoms with Crippen LogP contribution in [0, 0.1) is 0 Å². The minimum Gasteiger partial charge on any atom is -0.289 e. The van der Waals surface area contributed by atoms with Crippen LogP contribution in [0.2, 0.25) is 0 Å². The lowest BCUT2D eigenvalue weighted by molar-refractivity contribution is -0.137. The van der Waals surface area contributed by atoms with Crippen LogP contribution < -0.4 is 0 Å². The van der Waals surface area contributed by atoms with Gasteiger partial charge >= 0.3 is 6.18 Å². The maximum atomic E-state index is 12.5. The van der Waals surface area contributed by atoms with Crippen LogP contribution in [0.5, 0.6) is 0 Å². The second-order valence-corrected chi connectivity index (χ2v) is 5.19. The van der Waals surface area contributed by atoms with Crippen molar-refractivity contribution in [1.82, 2.24) is 0 Å². The van der Waals surface area contributed by atoms with E-state index in [0.717, 1.165) is 49.8 Å². The molecule has 0 amide bonds. The normalized spacial score (nSPS) is 15.7. The molecule has 0 aliphatic heterocycles. The van der Waals surface area contributed by atoms with Crippen molar-refractivity contribution in [1.29, 1.82) is 0 Å². The molecule has 1 aromatic rings. The van der Waals surface area contributed by atoms with E-state index in [1.807, 2.05) is 0 Å². The van der Waals surface area contributed by atoms with Gasteiger partial charge in [-0.1, -0.05) is 36.8 Å². The molecule has 0 bridgehead atoms. The Kier molecular flexibility index (Phi) is 4.66. The predicted molar refractivity (Wildman–Crippen MR) is 76.1 cm³/mol. The smallest absolute Gasteiger partial charge is 0.289 e. The summed E-state index contributed by atoms with van der Waals surface area (Å²) in [5.74, 6) is -0.240. The van der Waals surface area contributed by atoms with E-state index in [-0.39, 0.29) is 11.3 Å². The number of ketones is 1. The summed E-state index contributed by atoms with van der Waals surface area (Å²) in [6, 6.07) is 4.36. The third-order valence-corrected chi connectivity index (χ3v) is 3.76. The van der Waals surface area contributed by atoms with E-state index in [0.29, 0.717) is 5.57 Å². The van der Waals surface area contributed by atoms with Gasteiger partial charge in [0.15, 0.2) is 5.78 Å². The van der Waals surface area contributed by atoms with Gasteiger partial charge < -0.3 is 0 Å². The molecular weight excluding hydrogens is 277 g/mol. The number of rotatable bonds is 3. The number of carbonyl (C=O) groups excluding carboxylic acids is 1. The average molecular weight is 294 g/mol. The first-order chi connectivity index (χ1) is 9.93. The molecule has 0 heterocycles. The largest absolute Gasteiger partial charge is 0.416 e. The van der Waals surface area contributed by atoms with E-state index in [4.69, 9.17) is 0 Å². The molecule has 1 aliphatic rings. The molecule has 1 nitrogen and oxygen atoms in total. The zero-order valence-corrected chi connectivity index (χ0v) is 11.7. The first kappa shape index (κ1) is 15.5. The molecule has 1 aliphatic carbocycles. The van der Waals surface area contributed by atoms with Crippen LogP contribution in [0.3, 0.4) is 0 Å². The van der Waals surface area contributed by atoms with E-state index in [9.17, 15) is 18.0 Å². The molecule has 2 rings (SSSR count). The minimum absolute atomic E-state index is 0.240. The molecule has 0 spiro atoms. The van der Waals surface area contributed by atoms with Crippen LogP contribution >= 0.6 is 0 Å². The first-order valence-electron chi connectivity index (χ1n) is 7.00. The van der Waals surface area contributed by atoms with Crippen molar-refractivity contribution in [3.05, 3.63) is 59.2 Å². The summed E-state index contributed by atoms with van der Waals surface area (Å²) in [6.45, 7) is 3.68. The predicted octanol–water partition coefficient (Wildman–Crippen LogP) is 5.33. The van der Waals surface area contributed by atoms with Crippen molar-refractivity contribution < 1.29 is 18.0 Å². The number of carbonyl (C=O) groups is 1. The summed E-state index contributed by atoms with van der Waals surface area (Å²) in [5, 5.41) is 0. The first-order valence-corrected chi connectivity index (χ1v) is 7.00. The lowest BCUT2D eigenvalue weighted by Gasteiger charge is -2.17. The number of halogens is 3. The maximum absolute atomic E-state index is 12.5. The molecule has 0 atom stereocenters. The van der Waals surface area contributed by atoms with Gasteiger partial charge in [0.1, 0.15) is 0 Å². The van der Waals surface area contributed by atoms with Gasteiger partial charge in [-0.3, -0.25) is 4.79 Å². The van der Waals surface area contributed by atoms with Crippen molar-refractivity contribution in [2.75, 3.05) is 0 Å². The number of benzene rings is 1. The molecule has 0 radical (unpaired) electrons. The van der Waals surface area contributed by atoms with Gasteiger partial charge in [-0.15, -0.1) is 0 Å². The summed E-state index contributed by atoms with van der Waals surface area (Å²) in [4.78, 5) is 12.4. The van der Waals surface area contributed by atoms with Crippen molar-refractivity contribution in [3.63, 3.8) is 0 Å². The van der Waals surface area contributed by atoms with E-state index >= 15 is 0 Å². The molecular formula is C17H17F3O. The Balaban J connectivity index is 2.28. The molecule has 4 heteroatoms. The zero-order valence-electron chi connectivity index (χ0n) is 11.7. The Morgan fingerprint density at radius 1 is 1.05 bits per heavy atom. The van der Waals surface area contributed by atoms with E-state index in [1.54, 1.807) is 0 Å². The fourth-order valence-corrected chi connectivity index (χ4v) is 2.61. The van der Waals surface area contributed by atoms with Crippen molar-refractivity contribution in [2.45, 2.75) is 38.3 Å².